The van der Waals surface area contributed by atoms with Gasteiger partial charge in [0.2, 0.25) is 10.4 Å². The maximum absolute atomic E-state index is 12.2. The number of aromatic hydroxyl groups is 1. The predicted molar refractivity (Wildman–Crippen MR) is 124 cm³/mol. The summed E-state index contributed by atoms with van der Waals surface area (Å²) in [6.45, 7) is -0.893. The Balaban J connectivity index is 0.00000533. The van der Waals surface area contributed by atoms with Crippen molar-refractivity contribution in [3.63, 3.8) is 0 Å². The number of anilines is 1. The monoisotopic (exact) mass is 677 g/mol. The first-order valence-electron chi connectivity index (χ1n) is 9.65. The van der Waals surface area contributed by atoms with E-state index in [1.807, 2.05) is 0 Å². The van der Waals surface area contributed by atoms with Crippen molar-refractivity contribution >= 4 is 70.2 Å². The van der Waals surface area contributed by atoms with Crippen LogP contribution < -0.4 is 99.7 Å². The van der Waals surface area contributed by atoms with Crippen molar-refractivity contribution in [3.05, 3.63) is 42.5 Å². The molecule has 0 saturated carbocycles. The van der Waals surface area contributed by atoms with Crippen molar-refractivity contribution in [1.82, 2.24) is 0 Å². The Labute approximate surface area is 304 Å². The third-order valence-electron chi connectivity index (χ3n) is 4.63. The van der Waals surface area contributed by atoms with Gasteiger partial charge in [-0.25, -0.2) is 25.3 Å². The average Bonchev–Trinajstić information content (AvgIpc) is 2.80. The Hall–Kier alpha value is 0.0800. The molecule has 16 nitrogen and oxygen atoms in total. The van der Waals surface area contributed by atoms with E-state index in [1.165, 1.54) is 6.07 Å². The average molecular weight is 678 g/mol. The van der Waals surface area contributed by atoms with Crippen LogP contribution in [0.2, 0.25) is 0 Å². The molecular formula is C18H14N3Na3O13S4. The Morgan fingerprint density at radius 1 is 0.927 bits per heavy atom. The topological polar surface area (TPSA) is 270 Å². The molecule has 0 amide bonds. The maximum atomic E-state index is 12.2. The Bertz CT molecular complexity index is 1720. The van der Waals surface area contributed by atoms with Crippen LogP contribution in [0.15, 0.2) is 67.4 Å². The van der Waals surface area contributed by atoms with E-state index >= 15 is 0 Å². The number of azo groups is 1. The zero-order chi connectivity index (χ0) is 28.3. The Morgan fingerprint density at radius 2 is 1.54 bits per heavy atom. The van der Waals surface area contributed by atoms with Crippen LogP contribution in [0.5, 0.6) is 5.75 Å². The molecule has 0 atom stereocenters. The first kappa shape index (κ1) is 41.1. The van der Waals surface area contributed by atoms with Crippen LogP contribution in [-0.2, 0) is 43.9 Å². The van der Waals surface area contributed by atoms with Crippen LogP contribution in [0.4, 0.5) is 17.1 Å². The van der Waals surface area contributed by atoms with Crippen LogP contribution in [0.3, 0.4) is 0 Å². The number of nitrogens with two attached hydrogens (primary N) is 1. The predicted octanol–water partition coefficient (Wildman–Crippen LogP) is -8.06. The van der Waals surface area contributed by atoms with Gasteiger partial charge in [0, 0.05) is 10.3 Å². The van der Waals surface area contributed by atoms with Crippen molar-refractivity contribution < 1.29 is 147 Å². The Kier molecular flexibility index (Phi) is 17.0. The van der Waals surface area contributed by atoms with Gasteiger partial charge in [0.15, 0.2) is 9.84 Å². The molecule has 0 fully saturated rings. The number of phenols is 1. The maximum Gasteiger partial charge on any atom is 1.00 e. The molecule has 41 heavy (non-hydrogen) atoms. The molecule has 0 spiro atoms. The van der Waals surface area contributed by atoms with E-state index in [4.69, 9.17) is 5.73 Å². The van der Waals surface area contributed by atoms with E-state index in [0.29, 0.717) is 12.0 Å². The number of benzene rings is 3. The van der Waals surface area contributed by atoms with Crippen LogP contribution in [0.1, 0.15) is 0 Å². The summed E-state index contributed by atoms with van der Waals surface area (Å²) in [7, 11) is -14.3. The second-order valence-corrected chi connectivity index (χ2v) is 12.4. The van der Waals surface area contributed by atoms with Gasteiger partial charge >= 0.3 is 88.7 Å². The zero-order valence-corrected chi connectivity index (χ0v) is 30.7. The number of rotatable bonds is 11. The van der Waals surface area contributed by atoms with Crippen molar-refractivity contribution in [2.45, 2.75) is 14.7 Å². The minimum absolute atomic E-state index is 0. The summed E-state index contributed by atoms with van der Waals surface area (Å²) in [5.41, 5.74) is 4.96. The minimum Gasteiger partial charge on any atom is -0.744 e. The third-order valence-corrected chi connectivity index (χ3v) is 8.19. The zero-order valence-electron chi connectivity index (χ0n) is 21.4. The number of nitrogens with zero attached hydrogens (tertiary/aromatic N) is 2. The van der Waals surface area contributed by atoms with Gasteiger partial charge in [0.05, 0.1) is 45.6 Å². The summed E-state index contributed by atoms with van der Waals surface area (Å²) >= 11 is 0.393. The van der Waals surface area contributed by atoms with Gasteiger partial charge < -0.3 is 25.2 Å². The first-order chi connectivity index (χ1) is 17.6. The molecule has 0 unspecified atom stereocenters. The summed E-state index contributed by atoms with van der Waals surface area (Å²) in [4.78, 5) is -1.06. The number of sulfone groups is 1. The minimum atomic E-state index is -5.17. The van der Waals surface area contributed by atoms with Gasteiger partial charge in [0.25, 0.3) is 0 Å². The van der Waals surface area contributed by atoms with E-state index in [9.17, 15) is 44.7 Å². The fourth-order valence-electron chi connectivity index (χ4n) is 3.08. The standard InChI is InChI=1S/C18H17N3O13S4.3Na/c19-17-16-10(7-12(9-14(16)22)35-34-33-23)8-15(37(26,27)28)18(17)21-20-11-1-3-13(4-2-11)36(24,25)6-5-32-38(29,30)31;;;/h1-4,7-9,22-23H,5-6,19H2,(H,26,27,28)(H,29,30,31);;;/q;3*+1/p-3. The number of phenolic OH excluding ortho intramolecular Hbond substituents is 1. The molecule has 206 valence electrons. The smallest absolute Gasteiger partial charge is 0.744 e. The van der Waals surface area contributed by atoms with Gasteiger partial charge in [-0.3, -0.25) is 9.22 Å². The van der Waals surface area contributed by atoms with Crippen LogP contribution in [-0.4, -0.2) is 51.8 Å². The molecule has 0 saturated heterocycles. The molecule has 0 aromatic heterocycles. The number of fused-ring (bicyclic) bond motifs is 1. The molecule has 0 heterocycles. The van der Waals surface area contributed by atoms with Crippen molar-refractivity contribution in [2.75, 3.05) is 18.1 Å². The molecule has 3 N–H and O–H groups in total. The number of hydrogen-bond donors (Lipinski definition) is 2. The molecular weight excluding hydrogens is 663 g/mol. The molecule has 3 aromatic rings. The van der Waals surface area contributed by atoms with Crippen LogP contribution in [0.25, 0.3) is 10.8 Å². The fraction of sp³-hybridized carbons (Fsp3) is 0.111. The van der Waals surface area contributed by atoms with Crippen molar-refractivity contribution in [2.24, 2.45) is 10.2 Å². The fourth-order valence-corrected chi connectivity index (χ4v) is 5.66. The summed E-state index contributed by atoms with van der Waals surface area (Å²) in [5.74, 6) is -1.29. The van der Waals surface area contributed by atoms with Gasteiger partial charge in [-0.05, 0) is 47.9 Å². The second kappa shape index (κ2) is 17.0. The van der Waals surface area contributed by atoms with E-state index < -0.39 is 64.7 Å². The van der Waals surface area contributed by atoms with E-state index in [2.05, 4.69) is 23.8 Å². The molecule has 0 aliphatic rings. The molecule has 23 heteroatoms. The Morgan fingerprint density at radius 3 is 2.07 bits per heavy atom. The van der Waals surface area contributed by atoms with Gasteiger partial charge in [-0.2, -0.15) is 9.45 Å². The largest absolute Gasteiger partial charge is 1.00 e. The van der Waals surface area contributed by atoms with Gasteiger partial charge in [0.1, 0.15) is 21.6 Å². The third kappa shape index (κ3) is 11.5. The molecule has 3 rings (SSSR count). The molecule has 0 bridgehead atoms. The SMILES string of the molecule is Nc1c(N=Nc2ccc(S(=O)(=O)CCOS(=O)(=O)[O-])cc2)c(S(=O)(=O)[O-])cc2cc(SOO[O-])cc(O)c12.[Na+].[Na+].[Na+]. The normalized spacial score (nSPS) is 12.0. The summed E-state index contributed by atoms with van der Waals surface area (Å²) in [6, 6.07) is 7.70. The molecule has 0 aliphatic carbocycles. The first-order valence-corrected chi connectivity index (χ1v) is 14.8. The van der Waals surface area contributed by atoms with Crippen molar-refractivity contribution in [1.29, 1.82) is 0 Å². The van der Waals surface area contributed by atoms with Crippen LogP contribution >= 0.6 is 12.0 Å². The number of nitrogen functional groups attached to an aromatic ring is 1. The molecule has 3 aromatic carbocycles. The van der Waals surface area contributed by atoms with E-state index in [-0.39, 0.29) is 115 Å². The molecule has 0 radical (unpaired) electrons. The van der Waals surface area contributed by atoms with Crippen LogP contribution in [0, 0.1) is 0 Å². The summed E-state index contributed by atoms with van der Waals surface area (Å²) in [6.07, 6.45) is 0. The van der Waals surface area contributed by atoms with E-state index in [1.54, 1.807) is 0 Å². The summed E-state index contributed by atoms with van der Waals surface area (Å²) < 4.78 is 99.6. The van der Waals surface area contributed by atoms with Gasteiger partial charge in [-0.15, -0.1) is 5.11 Å². The van der Waals surface area contributed by atoms with Crippen molar-refractivity contribution in [3.8, 4) is 5.75 Å². The van der Waals surface area contributed by atoms with Gasteiger partial charge in [-0.1, -0.05) is 0 Å². The summed E-state index contributed by atoms with van der Waals surface area (Å²) in [5, 5.41) is 31.0. The second-order valence-electron chi connectivity index (χ2n) is 7.09. The van der Waals surface area contributed by atoms with E-state index in [0.717, 1.165) is 36.4 Å². The number of hydrogen-bond acceptors (Lipinski definition) is 17. The quantitative estimate of drug-likeness (QED) is 0.0279. The molecule has 0 aliphatic heterocycles.